The molecule has 2 heteroatoms. The minimum absolute atomic E-state index is 0.208. The highest BCUT2D eigenvalue weighted by Gasteiger charge is 2.18. The maximum Gasteiger partial charge on any atom is 0.0736 e. The van der Waals surface area contributed by atoms with Gasteiger partial charge < -0.3 is 4.74 Å². The van der Waals surface area contributed by atoms with E-state index in [1.807, 2.05) is 0 Å². The molecule has 0 aliphatic carbocycles. The van der Waals surface area contributed by atoms with Gasteiger partial charge in [0, 0.05) is 6.54 Å². The van der Waals surface area contributed by atoms with Crippen molar-refractivity contribution in [3.63, 3.8) is 0 Å². The molecule has 0 amide bonds. The highest BCUT2D eigenvalue weighted by Crippen LogP contribution is 2.26. The molecular formula is C14H14NO. The van der Waals surface area contributed by atoms with E-state index in [2.05, 4.69) is 47.8 Å². The highest BCUT2D eigenvalue weighted by atomic mass is 16.5. The quantitative estimate of drug-likeness (QED) is 0.712. The van der Waals surface area contributed by atoms with E-state index in [9.17, 15) is 0 Å². The summed E-state index contributed by atoms with van der Waals surface area (Å²) in [5, 5.41) is 7.20. The molecule has 1 heterocycles. The number of morpholine rings is 1. The number of fused-ring (bicyclic) bond motifs is 1. The molecule has 0 saturated carbocycles. The summed E-state index contributed by atoms with van der Waals surface area (Å²) in [5.41, 5.74) is 1.29. The van der Waals surface area contributed by atoms with Crippen LogP contribution in [0.3, 0.4) is 0 Å². The van der Waals surface area contributed by atoms with Crippen LogP contribution in [0, 0.1) is 0 Å². The molecule has 2 aromatic carbocycles. The maximum atomic E-state index is 5.49. The van der Waals surface area contributed by atoms with Crippen LogP contribution in [-0.4, -0.2) is 19.8 Å². The van der Waals surface area contributed by atoms with Crippen LogP contribution in [0.25, 0.3) is 10.8 Å². The van der Waals surface area contributed by atoms with Gasteiger partial charge in [0.15, 0.2) is 0 Å². The molecule has 16 heavy (non-hydrogen) atoms. The molecule has 1 aliphatic rings. The zero-order valence-corrected chi connectivity index (χ0v) is 9.10. The summed E-state index contributed by atoms with van der Waals surface area (Å²) in [5.74, 6) is 0. The van der Waals surface area contributed by atoms with Crippen molar-refractivity contribution in [3.8, 4) is 0 Å². The first kappa shape index (κ1) is 9.82. The van der Waals surface area contributed by atoms with Crippen molar-refractivity contribution in [3.05, 3.63) is 48.0 Å². The minimum Gasteiger partial charge on any atom is -0.378 e. The number of hydrogen-bond acceptors (Lipinski definition) is 1. The van der Waals surface area contributed by atoms with Gasteiger partial charge in [-0.25, -0.2) is 5.32 Å². The van der Waals surface area contributed by atoms with E-state index in [4.69, 9.17) is 4.74 Å². The average Bonchev–Trinajstić information content (AvgIpc) is 2.39. The summed E-state index contributed by atoms with van der Waals surface area (Å²) >= 11 is 0. The zero-order valence-electron chi connectivity index (χ0n) is 9.10. The summed E-state index contributed by atoms with van der Waals surface area (Å²) in [4.78, 5) is 0. The summed E-state index contributed by atoms with van der Waals surface area (Å²) in [7, 11) is 0. The van der Waals surface area contributed by atoms with Crippen LogP contribution >= 0.6 is 0 Å². The first-order valence-corrected chi connectivity index (χ1v) is 5.67. The Bertz CT molecular complexity index is 484. The Kier molecular flexibility index (Phi) is 2.60. The van der Waals surface area contributed by atoms with Gasteiger partial charge in [0.2, 0.25) is 0 Å². The Morgan fingerprint density at radius 3 is 2.81 bits per heavy atom. The van der Waals surface area contributed by atoms with Crippen LogP contribution < -0.4 is 5.32 Å². The molecule has 1 radical (unpaired) electrons. The molecule has 0 aromatic heterocycles. The van der Waals surface area contributed by atoms with E-state index in [1.54, 1.807) is 0 Å². The normalized spacial score (nSPS) is 21.1. The molecule has 3 rings (SSSR count). The third-order valence-electron chi connectivity index (χ3n) is 3.04. The Morgan fingerprint density at radius 2 is 1.94 bits per heavy atom. The monoisotopic (exact) mass is 212 g/mol. The van der Waals surface area contributed by atoms with Crippen molar-refractivity contribution in [1.29, 1.82) is 0 Å². The van der Waals surface area contributed by atoms with Crippen molar-refractivity contribution in [2.24, 2.45) is 0 Å². The van der Waals surface area contributed by atoms with Gasteiger partial charge in [-0.3, -0.25) is 0 Å². The second-order valence-corrected chi connectivity index (χ2v) is 4.07. The number of benzene rings is 2. The zero-order chi connectivity index (χ0) is 10.8. The summed E-state index contributed by atoms with van der Waals surface area (Å²) < 4.78 is 5.49. The van der Waals surface area contributed by atoms with Gasteiger partial charge in [-0.05, 0) is 16.3 Å². The third-order valence-corrected chi connectivity index (χ3v) is 3.04. The lowest BCUT2D eigenvalue weighted by Gasteiger charge is -2.23. The molecule has 0 bridgehead atoms. The molecule has 0 N–H and O–H groups in total. The van der Waals surface area contributed by atoms with Gasteiger partial charge >= 0.3 is 0 Å². The number of nitrogens with zero attached hydrogens (tertiary/aromatic N) is 1. The highest BCUT2D eigenvalue weighted by molar-refractivity contribution is 5.86. The van der Waals surface area contributed by atoms with Crippen LogP contribution in [0.4, 0.5) is 0 Å². The van der Waals surface area contributed by atoms with Crippen molar-refractivity contribution >= 4 is 10.8 Å². The molecule has 2 aromatic rings. The van der Waals surface area contributed by atoms with Gasteiger partial charge in [-0.2, -0.15) is 0 Å². The van der Waals surface area contributed by atoms with Crippen LogP contribution in [0.2, 0.25) is 0 Å². The molecule has 1 unspecified atom stereocenters. The lowest BCUT2D eigenvalue weighted by Crippen LogP contribution is -2.29. The van der Waals surface area contributed by atoms with Crippen LogP contribution in [0.15, 0.2) is 42.5 Å². The fourth-order valence-corrected chi connectivity index (χ4v) is 2.25. The van der Waals surface area contributed by atoms with Gasteiger partial charge in [-0.1, -0.05) is 42.5 Å². The van der Waals surface area contributed by atoms with Gasteiger partial charge in [0.25, 0.3) is 0 Å². The molecule has 1 atom stereocenters. The van der Waals surface area contributed by atoms with E-state index in [-0.39, 0.29) is 6.04 Å². The smallest absolute Gasteiger partial charge is 0.0736 e. The fourth-order valence-electron chi connectivity index (χ4n) is 2.25. The molecule has 81 valence electrons. The van der Waals surface area contributed by atoms with Crippen molar-refractivity contribution in [2.45, 2.75) is 6.04 Å². The maximum absolute atomic E-state index is 5.49. The van der Waals surface area contributed by atoms with Crippen LogP contribution in [-0.2, 0) is 4.74 Å². The molecular weight excluding hydrogens is 198 g/mol. The molecule has 0 spiro atoms. The standard InChI is InChI=1S/C14H14NO/c1-2-6-12-11(4-1)5-3-7-13(12)14-10-16-9-8-15-14/h1-7,14H,8-10H2. The van der Waals surface area contributed by atoms with Crippen molar-refractivity contribution in [2.75, 3.05) is 19.8 Å². The first-order valence-electron chi connectivity index (χ1n) is 5.67. The van der Waals surface area contributed by atoms with Crippen molar-refractivity contribution < 1.29 is 4.74 Å². The predicted octanol–water partition coefficient (Wildman–Crippen LogP) is 2.52. The largest absolute Gasteiger partial charge is 0.378 e. The predicted molar refractivity (Wildman–Crippen MR) is 64.5 cm³/mol. The van der Waals surface area contributed by atoms with Gasteiger partial charge in [-0.15, -0.1) is 0 Å². The lowest BCUT2D eigenvalue weighted by molar-refractivity contribution is 0.0749. The van der Waals surface area contributed by atoms with Gasteiger partial charge in [0.1, 0.15) is 0 Å². The third kappa shape index (κ3) is 1.70. The lowest BCUT2D eigenvalue weighted by atomic mass is 9.99. The second kappa shape index (κ2) is 4.24. The fraction of sp³-hybridized carbons (Fsp3) is 0.286. The van der Waals surface area contributed by atoms with E-state index >= 15 is 0 Å². The second-order valence-electron chi connectivity index (χ2n) is 4.07. The average molecular weight is 212 g/mol. The number of ether oxygens (including phenoxy) is 1. The molecule has 1 fully saturated rings. The SMILES string of the molecule is c1ccc2c(C3COCC[N]3)cccc2c1. The number of rotatable bonds is 1. The summed E-state index contributed by atoms with van der Waals surface area (Å²) in [6, 6.07) is 15.1. The molecule has 2 nitrogen and oxygen atoms in total. The van der Waals surface area contributed by atoms with Gasteiger partial charge in [0.05, 0.1) is 19.3 Å². The van der Waals surface area contributed by atoms with Crippen LogP contribution in [0.1, 0.15) is 11.6 Å². The number of hydrogen-bond donors (Lipinski definition) is 0. The van der Waals surface area contributed by atoms with E-state index in [1.165, 1.54) is 16.3 Å². The Morgan fingerprint density at radius 1 is 1.06 bits per heavy atom. The summed E-state index contributed by atoms with van der Waals surface area (Å²) in [6.45, 7) is 2.29. The van der Waals surface area contributed by atoms with Crippen molar-refractivity contribution in [1.82, 2.24) is 5.32 Å². The summed E-state index contributed by atoms with van der Waals surface area (Å²) in [6.07, 6.45) is 0. The minimum atomic E-state index is 0.208. The topological polar surface area (TPSA) is 23.3 Å². The van der Waals surface area contributed by atoms with Crippen LogP contribution in [0.5, 0.6) is 0 Å². The van der Waals surface area contributed by atoms with E-state index in [0.717, 1.165) is 13.2 Å². The van der Waals surface area contributed by atoms with E-state index in [0.29, 0.717) is 6.61 Å². The Balaban J connectivity index is 2.08. The molecule has 1 aliphatic heterocycles. The first-order chi connectivity index (χ1) is 7.95. The Hall–Kier alpha value is -1.38. The Labute approximate surface area is 95.2 Å². The van der Waals surface area contributed by atoms with E-state index < -0.39 is 0 Å². The molecule has 1 saturated heterocycles.